The Morgan fingerprint density at radius 3 is 2.64 bits per heavy atom. The molecule has 6 nitrogen and oxygen atoms in total. The van der Waals surface area contributed by atoms with Crippen molar-refractivity contribution in [3.05, 3.63) is 28.5 Å². The Balaban J connectivity index is 1.56. The SMILES string of the molecule is CN1CCN(Cc2cc3cc(Cl)c4c(c3o2)C2(CCCCC2)NC(=O)N4)CC1. The summed E-state index contributed by atoms with van der Waals surface area (Å²) in [5.41, 5.74) is 2.26. The molecule has 3 heterocycles. The van der Waals surface area contributed by atoms with E-state index in [0.29, 0.717) is 5.02 Å². The zero-order chi connectivity index (χ0) is 19.3. The smallest absolute Gasteiger partial charge is 0.319 e. The maximum atomic E-state index is 12.4. The molecule has 2 aromatic rings. The summed E-state index contributed by atoms with van der Waals surface area (Å²) in [5.74, 6) is 0.965. The van der Waals surface area contributed by atoms with Gasteiger partial charge in [0.2, 0.25) is 0 Å². The van der Waals surface area contributed by atoms with Gasteiger partial charge in [0.25, 0.3) is 0 Å². The van der Waals surface area contributed by atoms with E-state index in [-0.39, 0.29) is 11.6 Å². The lowest BCUT2D eigenvalue weighted by Gasteiger charge is -2.42. The lowest BCUT2D eigenvalue weighted by atomic mass is 9.74. The number of nitrogens with zero attached hydrogens (tertiary/aromatic N) is 2. The summed E-state index contributed by atoms with van der Waals surface area (Å²) < 4.78 is 6.41. The van der Waals surface area contributed by atoms with Gasteiger partial charge in [-0.1, -0.05) is 30.9 Å². The zero-order valence-electron chi connectivity index (χ0n) is 16.3. The van der Waals surface area contributed by atoms with E-state index in [9.17, 15) is 4.79 Å². The molecule has 1 spiro atoms. The second-order valence-corrected chi connectivity index (χ2v) is 8.95. The first-order chi connectivity index (χ1) is 13.5. The van der Waals surface area contributed by atoms with Crippen LogP contribution < -0.4 is 10.6 Å². The maximum absolute atomic E-state index is 12.4. The molecule has 1 aromatic heterocycles. The summed E-state index contributed by atoms with van der Waals surface area (Å²) in [6.07, 6.45) is 5.26. The molecule has 3 aliphatic rings. The van der Waals surface area contributed by atoms with Crippen LogP contribution >= 0.6 is 11.6 Å². The maximum Gasteiger partial charge on any atom is 0.319 e. The Kier molecular flexibility index (Phi) is 4.53. The molecule has 7 heteroatoms. The highest BCUT2D eigenvalue weighted by atomic mass is 35.5. The predicted molar refractivity (Wildman–Crippen MR) is 111 cm³/mol. The largest absolute Gasteiger partial charge is 0.459 e. The van der Waals surface area contributed by atoms with Crippen LogP contribution in [-0.4, -0.2) is 49.1 Å². The van der Waals surface area contributed by atoms with Gasteiger partial charge in [-0.3, -0.25) is 4.90 Å². The van der Waals surface area contributed by atoms with Gasteiger partial charge in [-0.25, -0.2) is 4.79 Å². The van der Waals surface area contributed by atoms with E-state index < -0.39 is 0 Å². The van der Waals surface area contributed by atoms with Gasteiger partial charge in [0.15, 0.2) is 0 Å². The molecule has 28 heavy (non-hydrogen) atoms. The average molecular weight is 403 g/mol. The van der Waals surface area contributed by atoms with E-state index >= 15 is 0 Å². The van der Waals surface area contributed by atoms with Crippen LogP contribution in [-0.2, 0) is 12.1 Å². The van der Waals surface area contributed by atoms with Crippen molar-refractivity contribution in [3.63, 3.8) is 0 Å². The molecule has 2 N–H and O–H groups in total. The summed E-state index contributed by atoms with van der Waals surface area (Å²) >= 11 is 6.61. The van der Waals surface area contributed by atoms with E-state index in [2.05, 4.69) is 33.5 Å². The van der Waals surface area contributed by atoms with Crippen LogP contribution in [0.5, 0.6) is 0 Å². The molecule has 1 aliphatic carbocycles. The number of hydrogen-bond donors (Lipinski definition) is 2. The number of furan rings is 1. The number of likely N-dealkylation sites (N-methyl/N-ethyl adjacent to an activating group) is 1. The van der Waals surface area contributed by atoms with E-state index in [1.165, 1.54) is 6.42 Å². The van der Waals surface area contributed by atoms with E-state index in [1.54, 1.807) is 0 Å². The van der Waals surface area contributed by atoms with Crippen LogP contribution in [0.2, 0.25) is 5.02 Å². The van der Waals surface area contributed by atoms with Crippen molar-refractivity contribution in [2.45, 2.75) is 44.2 Å². The van der Waals surface area contributed by atoms with E-state index in [4.69, 9.17) is 16.0 Å². The molecule has 2 amide bonds. The first kappa shape index (κ1) is 18.3. The van der Waals surface area contributed by atoms with Crippen LogP contribution in [0.25, 0.3) is 11.0 Å². The molecule has 0 unspecified atom stereocenters. The number of fused-ring (bicyclic) bond motifs is 4. The Morgan fingerprint density at radius 2 is 1.89 bits per heavy atom. The number of hydrogen-bond acceptors (Lipinski definition) is 4. The van der Waals surface area contributed by atoms with Crippen molar-refractivity contribution in [2.75, 3.05) is 38.5 Å². The minimum Gasteiger partial charge on any atom is -0.459 e. The Labute approximate surface area is 170 Å². The summed E-state index contributed by atoms with van der Waals surface area (Å²) in [7, 11) is 2.16. The summed E-state index contributed by atoms with van der Waals surface area (Å²) in [6.45, 7) is 5.07. The van der Waals surface area contributed by atoms with Gasteiger partial charge in [-0.15, -0.1) is 0 Å². The zero-order valence-corrected chi connectivity index (χ0v) is 17.1. The molecule has 2 aliphatic heterocycles. The number of amides is 2. The number of halogens is 1. The number of urea groups is 1. The molecule has 0 atom stereocenters. The third-order valence-corrected chi connectivity index (χ3v) is 6.86. The van der Waals surface area contributed by atoms with Crippen molar-refractivity contribution >= 4 is 34.3 Å². The highest BCUT2D eigenvalue weighted by Gasteiger charge is 2.43. The van der Waals surface area contributed by atoms with Gasteiger partial charge in [0.05, 0.1) is 22.8 Å². The van der Waals surface area contributed by atoms with Crippen LogP contribution in [0.3, 0.4) is 0 Å². The molecule has 2 fully saturated rings. The van der Waals surface area contributed by atoms with Gasteiger partial charge >= 0.3 is 6.03 Å². The highest BCUT2D eigenvalue weighted by Crippen LogP contribution is 2.49. The normalized spacial score (nSPS) is 22.9. The number of carbonyl (C=O) groups excluding carboxylic acids is 1. The molecular weight excluding hydrogens is 376 g/mol. The minimum atomic E-state index is -0.373. The number of anilines is 1. The Morgan fingerprint density at radius 1 is 1.14 bits per heavy atom. The number of nitrogens with one attached hydrogen (secondary N) is 2. The summed E-state index contributed by atoms with van der Waals surface area (Å²) in [4.78, 5) is 17.1. The second kappa shape index (κ2) is 6.94. The molecule has 150 valence electrons. The van der Waals surface area contributed by atoms with Crippen LogP contribution in [0.15, 0.2) is 16.5 Å². The molecule has 1 saturated heterocycles. The predicted octanol–water partition coefficient (Wildman–Crippen LogP) is 4.13. The van der Waals surface area contributed by atoms with Gasteiger partial charge < -0.3 is 20.0 Å². The van der Waals surface area contributed by atoms with Crippen molar-refractivity contribution in [1.29, 1.82) is 0 Å². The van der Waals surface area contributed by atoms with Gasteiger partial charge in [0.1, 0.15) is 11.3 Å². The first-order valence-corrected chi connectivity index (χ1v) is 10.7. The fourth-order valence-electron chi connectivity index (χ4n) is 5.04. The fourth-order valence-corrected chi connectivity index (χ4v) is 5.30. The number of rotatable bonds is 2. The fraction of sp³-hybridized carbons (Fsp3) is 0.571. The lowest BCUT2D eigenvalue weighted by Crippen LogP contribution is -2.52. The Hall–Kier alpha value is -1.76. The van der Waals surface area contributed by atoms with Crippen molar-refractivity contribution < 1.29 is 9.21 Å². The third kappa shape index (κ3) is 3.08. The van der Waals surface area contributed by atoms with Gasteiger partial charge in [0, 0.05) is 37.1 Å². The molecule has 0 bridgehead atoms. The summed E-state index contributed by atoms with van der Waals surface area (Å²) in [6, 6.07) is 3.88. The molecule has 1 aromatic carbocycles. The lowest BCUT2D eigenvalue weighted by molar-refractivity contribution is 0.141. The van der Waals surface area contributed by atoms with E-state index in [0.717, 1.165) is 86.4 Å². The van der Waals surface area contributed by atoms with Crippen LogP contribution in [0, 0.1) is 0 Å². The average Bonchev–Trinajstić information content (AvgIpc) is 3.06. The number of piperazine rings is 1. The summed E-state index contributed by atoms with van der Waals surface area (Å²) in [5, 5.41) is 7.76. The standard InChI is InChI=1S/C21H27ClN4O2/c1-25-7-9-26(10-8-25)13-15-11-14-12-16(22)18-17(19(14)28-15)21(24-20(27)23-18)5-3-2-4-6-21/h11-12H,2-10,13H2,1H3,(H2,23,24,27). The van der Waals surface area contributed by atoms with E-state index in [1.807, 2.05) is 6.07 Å². The number of carbonyl (C=O) groups is 1. The molecule has 5 rings (SSSR count). The second-order valence-electron chi connectivity index (χ2n) is 8.54. The quantitative estimate of drug-likeness (QED) is 0.792. The monoisotopic (exact) mass is 402 g/mol. The molecule has 1 saturated carbocycles. The van der Waals surface area contributed by atoms with Gasteiger partial charge in [-0.2, -0.15) is 0 Å². The molecular formula is C21H27ClN4O2. The highest BCUT2D eigenvalue weighted by molar-refractivity contribution is 6.35. The van der Waals surface area contributed by atoms with Crippen molar-refractivity contribution in [1.82, 2.24) is 15.1 Å². The van der Waals surface area contributed by atoms with Gasteiger partial charge in [-0.05, 0) is 32.0 Å². The van der Waals surface area contributed by atoms with Crippen molar-refractivity contribution in [2.24, 2.45) is 0 Å². The minimum absolute atomic E-state index is 0.167. The van der Waals surface area contributed by atoms with Crippen LogP contribution in [0.1, 0.15) is 43.4 Å². The topological polar surface area (TPSA) is 60.8 Å². The molecule has 0 radical (unpaired) electrons. The Bertz CT molecular complexity index is 911. The first-order valence-electron chi connectivity index (χ1n) is 10.3. The third-order valence-electron chi connectivity index (χ3n) is 6.56. The van der Waals surface area contributed by atoms with Crippen LogP contribution in [0.4, 0.5) is 10.5 Å². The van der Waals surface area contributed by atoms with Crippen molar-refractivity contribution in [3.8, 4) is 0 Å². The number of benzene rings is 1.